The fourth-order valence-electron chi connectivity index (χ4n) is 2.67. The number of urea groups is 1. The fraction of sp³-hybridized carbons (Fsp3) is 0.500. The number of carbonyl (C=O) groups is 2. The van der Waals surface area contributed by atoms with E-state index in [0.717, 1.165) is 12.8 Å². The van der Waals surface area contributed by atoms with Crippen LogP contribution in [0, 0.1) is 5.92 Å². The van der Waals surface area contributed by atoms with E-state index in [1.807, 2.05) is 4.90 Å². The first kappa shape index (κ1) is 15.9. The van der Waals surface area contributed by atoms with Crippen molar-refractivity contribution in [3.8, 4) is 5.75 Å². The molecule has 1 heterocycles. The summed E-state index contributed by atoms with van der Waals surface area (Å²) in [5, 5.41) is 3.28. The molecule has 0 aromatic heterocycles. The molecule has 0 bridgehead atoms. The van der Waals surface area contributed by atoms with Crippen LogP contribution < -0.4 is 10.1 Å². The highest BCUT2D eigenvalue weighted by Gasteiger charge is 2.35. The number of amides is 3. The van der Waals surface area contributed by atoms with Gasteiger partial charge in [0.2, 0.25) is 5.91 Å². The Bertz CT molecular complexity index is 611. The highest BCUT2D eigenvalue weighted by molar-refractivity contribution is 6.32. The topological polar surface area (TPSA) is 61.9 Å². The maximum absolute atomic E-state index is 12.3. The zero-order chi connectivity index (χ0) is 16.4. The van der Waals surface area contributed by atoms with E-state index >= 15 is 0 Å². The lowest BCUT2D eigenvalue weighted by Gasteiger charge is -2.34. The molecule has 1 aromatic carbocycles. The lowest BCUT2D eigenvalue weighted by Crippen LogP contribution is -2.52. The molecule has 0 unspecified atom stereocenters. The summed E-state index contributed by atoms with van der Waals surface area (Å²) < 4.78 is 5.09. The predicted octanol–water partition coefficient (Wildman–Crippen LogP) is 2.43. The van der Waals surface area contributed by atoms with Crippen LogP contribution >= 0.6 is 11.6 Å². The maximum atomic E-state index is 12.3. The summed E-state index contributed by atoms with van der Waals surface area (Å²) in [5.74, 6) is 1.04. The monoisotopic (exact) mass is 337 g/mol. The standard InChI is InChI=1S/C16H20ClN3O3/c1-23-14-5-4-12(10-13(14)17)18-16(22)20-8-6-19(7-9-20)15(21)11-2-3-11/h4-5,10-11H,2-3,6-9H2,1H3,(H,18,22). The van der Waals surface area contributed by atoms with Gasteiger partial charge in [0.15, 0.2) is 0 Å². The molecule has 3 rings (SSSR count). The first-order chi connectivity index (χ1) is 11.1. The van der Waals surface area contributed by atoms with Crippen LogP contribution in [0.15, 0.2) is 18.2 Å². The summed E-state index contributed by atoms with van der Waals surface area (Å²) >= 11 is 6.05. The van der Waals surface area contributed by atoms with Crippen LogP contribution in [-0.4, -0.2) is 55.0 Å². The normalized spacial score (nSPS) is 17.8. The van der Waals surface area contributed by atoms with E-state index in [4.69, 9.17) is 16.3 Å². The number of rotatable bonds is 3. The van der Waals surface area contributed by atoms with Gasteiger partial charge in [0, 0.05) is 37.8 Å². The van der Waals surface area contributed by atoms with Gasteiger partial charge in [-0.25, -0.2) is 4.79 Å². The zero-order valence-corrected chi connectivity index (χ0v) is 13.8. The van der Waals surface area contributed by atoms with E-state index < -0.39 is 0 Å². The predicted molar refractivity (Wildman–Crippen MR) is 87.9 cm³/mol. The van der Waals surface area contributed by atoms with Crippen molar-refractivity contribution in [3.63, 3.8) is 0 Å². The number of benzene rings is 1. The highest BCUT2D eigenvalue weighted by Crippen LogP contribution is 2.31. The second kappa shape index (κ2) is 6.66. The number of hydrogen-bond donors (Lipinski definition) is 1. The maximum Gasteiger partial charge on any atom is 0.321 e. The number of hydrogen-bond acceptors (Lipinski definition) is 3. The van der Waals surface area contributed by atoms with Gasteiger partial charge in [-0.15, -0.1) is 0 Å². The number of methoxy groups -OCH3 is 1. The Morgan fingerprint density at radius 3 is 2.39 bits per heavy atom. The zero-order valence-electron chi connectivity index (χ0n) is 13.0. The third-order valence-corrected chi connectivity index (χ3v) is 4.50. The number of halogens is 1. The first-order valence-electron chi connectivity index (χ1n) is 7.76. The van der Waals surface area contributed by atoms with Crippen molar-refractivity contribution in [2.45, 2.75) is 12.8 Å². The van der Waals surface area contributed by atoms with E-state index in [-0.39, 0.29) is 17.9 Å². The van der Waals surface area contributed by atoms with Crippen LogP contribution in [0.25, 0.3) is 0 Å². The third-order valence-electron chi connectivity index (χ3n) is 4.21. The van der Waals surface area contributed by atoms with Crippen LogP contribution in [0.1, 0.15) is 12.8 Å². The minimum absolute atomic E-state index is 0.176. The van der Waals surface area contributed by atoms with Crippen molar-refractivity contribution in [2.75, 3.05) is 38.6 Å². The first-order valence-corrected chi connectivity index (χ1v) is 8.14. The minimum atomic E-state index is -0.176. The van der Waals surface area contributed by atoms with Crippen LogP contribution in [0.5, 0.6) is 5.75 Å². The molecule has 1 saturated carbocycles. The number of ether oxygens (including phenoxy) is 1. The molecule has 3 amide bonds. The molecule has 1 saturated heterocycles. The van der Waals surface area contributed by atoms with Crippen molar-refractivity contribution in [3.05, 3.63) is 23.2 Å². The van der Waals surface area contributed by atoms with Gasteiger partial charge in [-0.1, -0.05) is 11.6 Å². The summed E-state index contributed by atoms with van der Waals surface area (Å²) in [7, 11) is 1.54. The van der Waals surface area contributed by atoms with Gasteiger partial charge in [-0.05, 0) is 31.0 Å². The molecule has 0 atom stereocenters. The van der Waals surface area contributed by atoms with Gasteiger partial charge in [0.05, 0.1) is 12.1 Å². The van der Waals surface area contributed by atoms with E-state index in [9.17, 15) is 9.59 Å². The molecular formula is C16H20ClN3O3. The average Bonchev–Trinajstić information content (AvgIpc) is 3.39. The lowest BCUT2D eigenvalue weighted by molar-refractivity contribution is -0.133. The number of anilines is 1. The summed E-state index contributed by atoms with van der Waals surface area (Å²) in [4.78, 5) is 27.9. The number of nitrogens with zero attached hydrogens (tertiary/aromatic N) is 2. The quantitative estimate of drug-likeness (QED) is 0.921. The van der Waals surface area contributed by atoms with Gasteiger partial charge in [0.25, 0.3) is 0 Å². The van der Waals surface area contributed by atoms with Crippen molar-refractivity contribution in [2.24, 2.45) is 5.92 Å². The molecular weight excluding hydrogens is 318 g/mol. The Kier molecular flexibility index (Phi) is 4.61. The smallest absolute Gasteiger partial charge is 0.321 e. The highest BCUT2D eigenvalue weighted by atomic mass is 35.5. The van der Waals surface area contributed by atoms with Crippen LogP contribution in [-0.2, 0) is 4.79 Å². The number of nitrogens with one attached hydrogen (secondary N) is 1. The average molecular weight is 338 g/mol. The van der Waals surface area contributed by atoms with Crippen molar-refractivity contribution < 1.29 is 14.3 Å². The Labute approximate surface area is 140 Å². The van der Waals surface area contributed by atoms with Gasteiger partial charge < -0.3 is 19.9 Å². The molecule has 2 aliphatic rings. The van der Waals surface area contributed by atoms with Crippen LogP contribution in [0.2, 0.25) is 5.02 Å². The Morgan fingerprint density at radius 2 is 1.83 bits per heavy atom. The largest absolute Gasteiger partial charge is 0.495 e. The minimum Gasteiger partial charge on any atom is -0.495 e. The van der Waals surface area contributed by atoms with E-state index in [1.54, 1.807) is 30.2 Å². The Hall–Kier alpha value is -1.95. The second-order valence-corrected chi connectivity index (χ2v) is 6.27. The summed E-state index contributed by atoms with van der Waals surface area (Å²) in [6.45, 7) is 2.31. The number of carbonyl (C=O) groups excluding carboxylic acids is 2. The Morgan fingerprint density at radius 1 is 1.17 bits per heavy atom. The van der Waals surface area contributed by atoms with Crippen LogP contribution in [0.4, 0.5) is 10.5 Å². The van der Waals surface area contributed by atoms with Gasteiger partial charge >= 0.3 is 6.03 Å². The second-order valence-electron chi connectivity index (χ2n) is 5.87. The molecule has 0 radical (unpaired) electrons. The molecule has 1 aliphatic carbocycles. The molecule has 1 aromatic rings. The van der Waals surface area contributed by atoms with Crippen molar-refractivity contribution >= 4 is 29.2 Å². The molecule has 2 fully saturated rings. The van der Waals surface area contributed by atoms with Gasteiger partial charge in [-0.3, -0.25) is 4.79 Å². The lowest BCUT2D eigenvalue weighted by atomic mass is 10.2. The molecule has 1 aliphatic heterocycles. The van der Waals surface area contributed by atoms with E-state index in [0.29, 0.717) is 42.6 Å². The molecule has 6 nitrogen and oxygen atoms in total. The molecule has 1 N–H and O–H groups in total. The van der Waals surface area contributed by atoms with E-state index in [1.165, 1.54) is 0 Å². The summed E-state index contributed by atoms with van der Waals surface area (Å²) in [5.41, 5.74) is 0.622. The third kappa shape index (κ3) is 3.69. The van der Waals surface area contributed by atoms with E-state index in [2.05, 4.69) is 5.32 Å². The van der Waals surface area contributed by atoms with Crippen molar-refractivity contribution in [1.82, 2.24) is 9.80 Å². The molecule has 0 spiro atoms. The fourth-order valence-corrected chi connectivity index (χ4v) is 2.92. The van der Waals surface area contributed by atoms with Gasteiger partial charge in [-0.2, -0.15) is 0 Å². The van der Waals surface area contributed by atoms with Gasteiger partial charge in [0.1, 0.15) is 5.75 Å². The summed E-state index contributed by atoms with van der Waals surface area (Å²) in [6.07, 6.45) is 2.02. The molecule has 23 heavy (non-hydrogen) atoms. The summed E-state index contributed by atoms with van der Waals surface area (Å²) in [6, 6.07) is 4.94. The van der Waals surface area contributed by atoms with Crippen LogP contribution in [0.3, 0.4) is 0 Å². The molecule has 7 heteroatoms. The SMILES string of the molecule is COc1ccc(NC(=O)N2CCN(C(=O)C3CC3)CC2)cc1Cl. The Balaban J connectivity index is 1.53. The number of piperazine rings is 1. The molecule has 124 valence electrons. The van der Waals surface area contributed by atoms with Crippen molar-refractivity contribution in [1.29, 1.82) is 0 Å².